The second kappa shape index (κ2) is 4.49. The lowest BCUT2D eigenvalue weighted by Gasteiger charge is -2.24. The Labute approximate surface area is 106 Å². The van der Waals surface area contributed by atoms with E-state index in [4.69, 9.17) is 12.2 Å². The minimum Gasteiger partial charge on any atom is -0.337 e. The van der Waals surface area contributed by atoms with Crippen molar-refractivity contribution < 1.29 is 0 Å². The summed E-state index contributed by atoms with van der Waals surface area (Å²) in [7, 11) is 0. The zero-order valence-corrected chi connectivity index (χ0v) is 10.5. The molecule has 1 atom stereocenters. The van der Waals surface area contributed by atoms with E-state index in [0.717, 1.165) is 11.2 Å². The number of fused-ring (bicyclic) bond motifs is 1. The second-order valence-electron chi connectivity index (χ2n) is 4.76. The summed E-state index contributed by atoms with van der Waals surface area (Å²) in [4.78, 5) is 6.25. The normalized spacial score (nSPS) is 18.9. The lowest BCUT2D eigenvalue weighted by molar-refractivity contribution is 0.546. The van der Waals surface area contributed by atoms with Gasteiger partial charge in [0.05, 0.1) is 0 Å². The van der Waals surface area contributed by atoms with Gasteiger partial charge in [0.15, 0.2) is 4.77 Å². The van der Waals surface area contributed by atoms with E-state index in [0.29, 0.717) is 5.92 Å². The van der Waals surface area contributed by atoms with Crippen molar-refractivity contribution in [1.29, 1.82) is 0 Å². The molecule has 0 spiro atoms. The quantitative estimate of drug-likeness (QED) is 0.775. The summed E-state index contributed by atoms with van der Waals surface area (Å²) in [5.74, 6) is 0.640. The van der Waals surface area contributed by atoms with Crippen molar-refractivity contribution in [3.8, 4) is 0 Å². The van der Waals surface area contributed by atoms with Crippen LogP contribution in [0.1, 0.15) is 35.6 Å². The van der Waals surface area contributed by atoms with Gasteiger partial charge in [-0.05, 0) is 54.9 Å². The van der Waals surface area contributed by atoms with Crippen LogP contribution in [0.4, 0.5) is 0 Å². The standard InChI is InChI=1S/C14H16N2S/c17-14-15-9-12(16-14)8-11-6-3-5-10-4-1-2-7-13(10)11/h1-2,4,7,9,11H,3,5-6,8H2,(H2,15,16,17). The zero-order valence-electron chi connectivity index (χ0n) is 9.70. The van der Waals surface area contributed by atoms with Gasteiger partial charge in [-0.3, -0.25) is 0 Å². The summed E-state index contributed by atoms with van der Waals surface area (Å²) < 4.78 is 0.726. The Bertz CT molecular complexity index is 567. The Hall–Kier alpha value is -1.35. The molecule has 0 aliphatic heterocycles. The molecule has 2 aromatic rings. The van der Waals surface area contributed by atoms with E-state index in [1.54, 1.807) is 0 Å². The Morgan fingerprint density at radius 1 is 1.29 bits per heavy atom. The van der Waals surface area contributed by atoms with Gasteiger partial charge in [-0.2, -0.15) is 0 Å². The molecule has 1 aromatic heterocycles. The van der Waals surface area contributed by atoms with Crippen molar-refractivity contribution in [2.24, 2.45) is 0 Å². The molecule has 0 radical (unpaired) electrons. The molecule has 0 amide bonds. The first kappa shape index (κ1) is 10.8. The van der Waals surface area contributed by atoms with Crippen molar-refractivity contribution in [2.75, 3.05) is 0 Å². The molecule has 1 aromatic carbocycles. The number of aromatic nitrogens is 2. The van der Waals surface area contributed by atoms with Gasteiger partial charge in [0.25, 0.3) is 0 Å². The van der Waals surface area contributed by atoms with E-state index in [-0.39, 0.29) is 0 Å². The third-order valence-corrected chi connectivity index (χ3v) is 3.83. The first-order chi connectivity index (χ1) is 8.33. The zero-order chi connectivity index (χ0) is 11.7. The van der Waals surface area contributed by atoms with Gasteiger partial charge in [-0.1, -0.05) is 24.3 Å². The molecule has 0 saturated carbocycles. The smallest absolute Gasteiger partial charge is 0.174 e. The molecule has 1 aliphatic rings. The fourth-order valence-electron chi connectivity index (χ4n) is 2.81. The molecular weight excluding hydrogens is 228 g/mol. The third kappa shape index (κ3) is 2.20. The van der Waals surface area contributed by atoms with E-state index in [2.05, 4.69) is 34.2 Å². The Morgan fingerprint density at radius 2 is 2.18 bits per heavy atom. The molecule has 0 saturated heterocycles. The maximum Gasteiger partial charge on any atom is 0.174 e. The van der Waals surface area contributed by atoms with Crippen LogP contribution in [-0.2, 0) is 12.8 Å². The topological polar surface area (TPSA) is 31.6 Å². The maximum absolute atomic E-state index is 5.07. The van der Waals surface area contributed by atoms with Gasteiger partial charge < -0.3 is 9.97 Å². The predicted molar refractivity (Wildman–Crippen MR) is 71.8 cm³/mol. The summed E-state index contributed by atoms with van der Waals surface area (Å²) in [6, 6.07) is 8.84. The van der Waals surface area contributed by atoms with E-state index in [1.807, 2.05) is 6.20 Å². The van der Waals surface area contributed by atoms with Crippen LogP contribution in [0.2, 0.25) is 0 Å². The molecule has 1 heterocycles. The van der Waals surface area contributed by atoms with Gasteiger partial charge in [-0.25, -0.2) is 0 Å². The van der Waals surface area contributed by atoms with Crippen LogP contribution in [0, 0.1) is 4.77 Å². The minimum atomic E-state index is 0.640. The number of aromatic amines is 2. The Kier molecular flexibility index (Phi) is 2.85. The lowest BCUT2D eigenvalue weighted by Crippen LogP contribution is -2.12. The number of hydrogen-bond acceptors (Lipinski definition) is 1. The fraction of sp³-hybridized carbons (Fsp3) is 0.357. The van der Waals surface area contributed by atoms with Crippen LogP contribution >= 0.6 is 12.2 Å². The first-order valence-electron chi connectivity index (χ1n) is 6.17. The number of aryl methyl sites for hydroxylation is 1. The van der Waals surface area contributed by atoms with Gasteiger partial charge >= 0.3 is 0 Å². The lowest BCUT2D eigenvalue weighted by atomic mass is 9.80. The number of H-pyrrole nitrogens is 2. The molecule has 0 bridgehead atoms. The summed E-state index contributed by atoms with van der Waals surface area (Å²) >= 11 is 5.07. The van der Waals surface area contributed by atoms with E-state index in [1.165, 1.54) is 36.1 Å². The van der Waals surface area contributed by atoms with Gasteiger partial charge in [-0.15, -0.1) is 0 Å². The minimum absolute atomic E-state index is 0.640. The molecule has 0 fully saturated rings. The molecule has 2 N–H and O–H groups in total. The van der Waals surface area contributed by atoms with Crippen LogP contribution in [-0.4, -0.2) is 9.97 Å². The number of rotatable bonds is 2. The van der Waals surface area contributed by atoms with Crippen LogP contribution in [0.5, 0.6) is 0 Å². The molecule has 3 heteroatoms. The summed E-state index contributed by atoms with van der Waals surface area (Å²) in [6.07, 6.45) is 6.87. The number of nitrogens with one attached hydrogen (secondary N) is 2. The molecule has 17 heavy (non-hydrogen) atoms. The van der Waals surface area contributed by atoms with E-state index < -0.39 is 0 Å². The van der Waals surface area contributed by atoms with Crippen LogP contribution in [0.15, 0.2) is 30.5 Å². The average molecular weight is 244 g/mol. The number of imidazole rings is 1. The van der Waals surface area contributed by atoms with Crippen molar-refractivity contribution in [1.82, 2.24) is 9.97 Å². The highest BCUT2D eigenvalue weighted by Gasteiger charge is 2.20. The first-order valence-corrected chi connectivity index (χ1v) is 6.58. The summed E-state index contributed by atoms with van der Waals surface area (Å²) in [6.45, 7) is 0. The number of benzene rings is 1. The van der Waals surface area contributed by atoms with Crippen LogP contribution < -0.4 is 0 Å². The van der Waals surface area contributed by atoms with Crippen molar-refractivity contribution in [3.63, 3.8) is 0 Å². The van der Waals surface area contributed by atoms with Crippen molar-refractivity contribution in [3.05, 3.63) is 52.1 Å². The average Bonchev–Trinajstić information content (AvgIpc) is 2.75. The predicted octanol–water partition coefficient (Wildman–Crippen LogP) is 3.73. The summed E-state index contributed by atoms with van der Waals surface area (Å²) in [5.41, 5.74) is 4.27. The maximum atomic E-state index is 5.07. The molecule has 3 rings (SSSR count). The summed E-state index contributed by atoms with van der Waals surface area (Å²) in [5, 5.41) is 0. The molecule has 1 unspecified atom stereocenters. The largest absolute Gasteiger partial charge is 0.337 e. The van der Waals surface area contributed by atoms with Crippen molar-refractivity contribution >= 4 is 12.2 Å². The van der Waals surface area contributed by atoms with Crippen LogP contribution in [0.3, 0.4) is 0 Å². The van der Waals surface area contributed by atoms with Crippen molar-refractivity contribution in [2.45, 2.75) is 31.6 Å². The van der Waals surface area contributed by atoms with Crippen LogP contribution in [0.25, 0.3) is 0 Å². The van der Waals surface area contributed by atoms with E-state index >= 15 is 0 Å². The second-order valence-corrected chi connectivity index (χ2v) is 5.17. The van der Waals surface area contributed by atoms with Gasteiger partial charge in [0, 0.05) is 11.9 Å². The highest BCUT2D eigenvalue weighted by atomic mass is 32.1. The number of hydrogen-bond donors (Lipinski definition) is 2. The monoisotopic (exact) mass is 244 g/mol. The Balaban J connectivity index is 1.88. The molecule has 1 aliphatic carbocycles. The Morgan fingerprint density at radius 3 is 3.00 bits per heavy atom. The molecule has 2 nitrogen and oxygen atoms in total. The SMILES string of the molecule is S=c1[nH]cc(CC2CCCc3ccccc32)[nH]1. The van der Waals surface area contributed by atoms with Gasteiger partial charge in [0.2, 0.25) is 0 Å². The molecular formula is C14H16N2S. The third-order valence-electron chi connectivity index (χ3n) is 3.61. The fourth-order valence-corrected chi connectivity index (χ4v) is 3.00. The van der Waals surface area contributed by atoms with E-state index in [9.17, 15) is 0 Å². The molecule has 88 valence electrons. The highest BCUT2D eigenvalue weighted by molar-refractivity contribution is 7.71. The van der Waals surface area contributed by atoms with Gasteiger partial charge in [0.1, 0.15) is 0 Å². The highest BCUT2D eigenvalue weighted by Crippen LogP contribution is 2.33.